The van der Waals surface area contributed by atoms with E-state index < -0.39 is 7.14 Å². The van der Waals surface area contributed by atoms with Crippen molar-refractivity contribution in [3.63, 3.8) is 0 Å². The van der Waals surface area contributed by atoms with E-state index in [2.05, 4.69) is 152 Å². The maximum atomic E-state index is 15.8. The highest BCUT2D eigenvalue weighted by Gasteiger charge is 2.42. The second-order valence-corrected chi connectivity index (χ2v) is 17.5. The molecule has 11 rings (SSSR count). The third kappa shape index (κ3) is 3.88. The van der Waals surface area contributed by atoms with Gasteiger partial charge in [-0.25, -0.2) is 0 Å². The molecule has 2 nitrogen and oxygen atoms in total. The molecule has 9 aromatic rings. The van der Waals surface area contributed by atoms with Crippen LogP contribution in [0.1, 0.15) is 25.0 Å². The third-order valence-corrected chi connectivity index (χ3v) is 15.0. The van der Waals surface area contributed by atoms with Gasteiger partial charge in [-0.15, -0.1) is 0 Å². The van der Waals surface area contributed by atoms with Crippen molar-refractivity contribution in [3.8, 4) is 39.1 Å². The lowest BCUT2D eigenvalue weighted by molar-refractivity contribution is 0.593. The van der Waals surface area contributed by atoms with Crippen LogP contribution in [0.2, 0.25) is 0 Å². The van der Waals surface area contributed by atoms with E-state index >= 15 is 4.57 Å². The second-order valence-electron chi connectivity index (χ2n) is 14.8. The molecule has 0 N–H and O–H groups in total. The molecule has 2 heterocycles. The Balaban J connectivity index is 1.11. The molecule has 0 bridgehead atoms. The summed E-state index contributed by atoms with van der Waals surface area (Å²) >= 11 is 0. The molecular weight excluding hydrogens is 650 g/mol. The molecule has 52 heavy (non-hydrogen) atoms. The first-order valence-electron chi connectivity index (χ1n) is 18.0. The van der Waals surface area contributed by atoms with Gasteiger partial charge in [-0.1, -0.05) is 147 Å². The minimum Gasteiger partial charge on any atom is -0.309 e. The standard InChI is InChI=1S/C49H34NOP/c1-49(2)42-29-34(33-21-20-31-12-6-7-13-32(31)28-33)22-24-37(42)38-25-23-35(30-43(38)49)50-44-18-10-8-17-41(44)47-45(50)27-26-40-39-16-9-11-19-46(39)52(51,48(40)47)36-14-4-3-5-15-36/h3-30H,1-2H3. The van der Waals surface area contributed by atoms with Gasteiger partial charge in [-0.2, -0.15) is 0 Å². The van der Waals surface area contributed by atoms with Crippen LogP contribution in [0.3, 0.4) is 0 Å². The van der Waals surface area contributed by atoms with Gasteiger partial charge in [0.25, 0.3) is 0 Å². The van der Waals surface area contributed by atoms with Gasteiger partial charge in [0, 0.05) is 37.8 Å². The molecule has 2 aliphatic rings. The molecule has 0 saturated carbocycles. The zero-order valence-corrected chi connectivity index (χ0v) is 29.9. The fraction of sp³-hybridized carbons (Fsp3) is 0.0612. The van der Waals surface area contributed by atoms with Crippen LogP contribution in [0, 0.1) is 0 Å². The van der Waals surface area contributed by atoms with Crippen LogP contribution >= 0.6 is 7.14 Å². The second kappa shape index (κ2) is 10.5. The molecular formula is C49H34NOP. The fourth-order valence-corrected chi connectivity index (χ4v) is 12.6. The first kappa shape index (κ1) is 29.7. The summed E-state index contributed by atoms with van der Waals surface area (Å²) in [5.74, 6) is 0. The largest absolute Gasteiger partial charge is 0.309 e. The summed E-state index contributed by atoms with van der Waals surface area (Å²) in [5, 5.41) is 7.50. The summed E-state index contributed by atoms with van der Waals surface area (Å²) < 4.78 is 18.2. The highest BCUT2D eigenvalue weighted by molar-refractivity contribution is 7.86. The number of aromatic nitrogens is 1. The van der Waals surface area contributed by atoms with Crippen molar-refractivity contribution < 1.29 is 4.57 Å². The lowest BCUT2D eigenvalue weighted by Crippen LogP contribution is -2.21. The molecule has 0 amide bonds. The quantitative estimate of drug-likeness (QED) is 0.170. The van der Waals surface area contributed by atoms with Gasteiger partial charge in [0.2, 0.25) is 0 Å². The summed E-state index contributed by atoms with van der Waals surface area (Å²) in [6.07, 6.45) is 0. The van der Waals surface area contributed by atoms with Crippen LogP contribution in [-0.2, 0) is 9.98 Å². The Bertz CT molecular complexity index is 3020. The topological polar surface area (TPSA) is 22.0 Å². The van der Waals surface area contributed by atoms with Gasteiger partial charge in [0.05, 0.1) is 11.0 Å². The third-order valence-electron chi connectivity index (χ3n) is 11.8. The van der Waals surface area contributed by atoms with Gasteiger partial charge in [0.15, 0.2) is 7.14 Å². The molecule has 3 heteroatoms. The first-order valence-corrected chi connectivity index (χ1v) is 19.7. The smallest absolute Gasteiger partial charge is 0.172 e. The molecule has 1 unspecified atom stereocenters. The van der Waals surface area contributed by atoms with E-state index in [1.807, 2.05) is 36.4 Å². The van der Waals surface area contributed by atoms with Crippen LogP contribution in [-0.4, -0.2) is 4.57 Å². The molecule has 0 fully saturated rings. The average Bonchev–Trinajstić information content (AvgIpc) is 3.75. The van der Waals surface area contributed by atoms with E-state index in [4.69, 9.17) is 0 Å². The number of hydrogen-bond acceptors (Lipinski definition) is 1. The number of nitrogens with zero attached hydrogens (tertiary/aromatic N) is 1. The van der Waals surface area contributed by atoms with Crippen molar-refractivity contribution in [2.45, 2.75) is 19.3 Å². The fourth-order valence-electron chi connectivity index (χ4n) is 9.28. The van der Waals surface area contributed by atoms with E-state index in [-0.39, 0.29) is 5.41 Å². The van der Waals surface area contributed by atoms with Gasteiger partial charge in [-0.05, 0) is 91.7 Å². The van der Waals surface area contributed by atoms with Gasteiger partial charge in [-0.3, -0.25) is 0 Å². The number of hydrogen-bond donors (Lipinski definition) is 0. The van der Waals surface area contributed by atoms with Crippen molar-refractivity contribution in [3.05, 3.63) is 181 Å². The Morgan fingerprint density at radius 2 is 1.15 bits per heavy atom. The highest BCUT2D eigenvalue weighted by Crippen LogP contribution is 2.55. The van der Waals surface area contributed by atoms with Crippen molar-refractivity contribution in [1.82, 2.24) is 4.57 Å². The predicted octanol–water partition coefficient (Wildman–Crippen LogP) is 11.5. The molecule has 8 aromatic carbocycles. The summed E-state index contributed by atoms with van der Waals surface area (Å²) in [7, 11) is -3.16. The maximum absolute atomic E-state index is 15.8. The lowest BCUT2D eigenvalue weighted by atomic mass is 9.81. The Kier molecular flexibility index (Phi) is 6.03. The van der Waals surface area contributed by atoms with E-state index in [0.717, 1.165) is 54.5 Å². The molecule has 1 aliphatic heterocycles. The van der Waals surface area contributed by atoms with Crippen LogP contribution in [0.5, 0.6) is 0 Å². The summed E-state index contributed by atoms with van der Waals surface area (Å²) in [6, 6.07) is 60.8. The van der Waals surface area contributed by atoms with Gasteiger partial charge in [0.1, 0.15) is 0 Å². The van der Waals surface area contributed by atoms with Crippen molar-refractivity contribution in [2.24, 2.45) is 0 Å². The van der Waals surface area contributed by atoms with Crippen molar-refractivity contribution >= 4 is 55.6 Å². The Morgan fingerprint density at radius 1 is 0.500 bits per heavy atom. The zero-order chi connectivity index (χ0) is 34.8. The van der Waals surface area contributed by atoms with Crippen LogP contribution in [0.25, 0.3) is 71.6 Å². The first-order chi connectivity index (χ1) is 25.4. The SMILES string of the molecule is CC1(C)c2cc(-c3ccc4ccccc4c3)ccc2-c2ccc(-n3c4ccccc4c4c5c(ccc43)-c3ccccc3P5(=O)c3ccccc3)cc21. The molecule has 1 atom stereocenters. The predicted molar refractivity (Wildman–Crippen MR) is 220 cm³/mol. The minimum absolute atomic E-state index is 0.196. The molecule has 1 aromatic heterocycles. The molecule has 0 spiro atoms. The molecule has 0 radical (unpaired) electrons. The van der Waals surface area contributed by atoms with E-state index in [0.29, 0.717) is 0 Å². The van der Waals surface area contributed by atoms with Crippen molar-refractivity contribution in [1.29, 1.82) is 0 Å². The lowest BCUT2D eigenvalue weighted by Gasteiger charge is -2.23. The molecule has 246 valence electrons. The van der Waals surface area contributed by atoms with Gasteiger partial charge < -0.3 is 9.13 Å². The van der Waals surface area contributed by atoms with Crippen molar-refractivity contribution in [2.75, 3.05) is 0 Å². The van der Waals surface area contributed by atoms with Gasteiger partial charge >= 0.3 is 0 Å². The van der Waals surface area contributed by atoms with Crippen LogP contribution < -0.4 is 15.9 Å². The number of rotatable bonds is 3. The van der Waals surface area contributed by atoms with Crippen LogP contribution in [0.4, 0.5) is 0 Å². The average molecular weight is 684 g/mol. The Labute approximate surface area is 303 Å². The summed E-state index contributed by atoms with van der Waals surface area (Å²) in [6.45, 7) is 4.72. The number of fused-ring (bicyclic) bond motifs is 11. The Hall–Kier alpha value is -5.95. The summed E-state index contributed by atoms with van der Waals surface area (Å²) in [5.41, 5.74) is 13.0. The Morgan fingerprint density at radius 3 is 2.02 bits per heavy atom. The zero-order valence-electron chi connectivity index (χ0n) is 29.0. The monoisotopic (exact) mass is 683 g/mol. The minimum atomic E-state index is -3.16. The summed E-state index contributed by atoms with van der Waals surface area (Å²) in [4.78, 5) is 0. The highest BCUT2D eigenvalue weighted by atomic mass is 31.2. The maximum Gasteiger partial charge on any atom is 0.172 e. The normalized spacial score (nSPS) is 16.6. The molecule has 0 saturated heterocycles. The number of para-hydroxylation sites is 1. The van der Waals surface area contributed by atoms with E-state index in [9.17, 15) is 0 Å². The molecule has 1 aliphatic carbocycles. The van der Waals surface area contributed by atoms with E-state index in [1.165, 1.54) is 44.2 Å². The van der Waals surface area contributed by atoms with E-state index in [1.54, 1.807) is 0 Å². The van der Waals surface area contributed by atoms with Crippen LogP contribution in [0.15, 0.2) is 170 Å². The number of benzene rings is 8.